The van der Waals surface area contributed by atoms with Gasteiger partial charge >= 0.3 is 0 Å². The lowest BCUT2D eigenvalue weighted by Crippen LogP contribution is -2.36. The highest BCUT2D eigenvalue weighted by Crippen LogP contribution is 2.24. The smallest absolute Gasteiger partial charge is 0.246 e. The summed E-state index contributed by atoms with van der Waals surface area (Å²) in [4.78, 5) is 15.7. The minimum atomic E-state index is 0.0722. The largest absolute Gasteiger partial charge is 0.341 e. The Morgan fingerprint density at radius 2 is 1.78 bits per heavy atom. The summed E-state index contributed by atoms with van der Waals surface area (Å²) in [5.41, 5.74) is 0.873. The Morgan fingerprint density at radius 1 is 1.09 bits per heavy atom. The van der Waals surface area contributed by atoms with E-state index in [1.54, 1.807) is 0 Å². The first-order chi connectivity index (χ1) is 11.2. The molecule has 0 aliphatic carbocycles. The molecule has 0 saturated carbocycles. The fourth-order valence-electron chi connectivity index (χ4n) is 2.78. The molecule has 2 heterocycles. The highest BCUT2D eigenvalue weighted by atomic mass is 79.9. The first-order valence-corrected chi connectivity index (χ1v) is 8.84. The van der Waals surface area contributed by atoms with Gasteiger partial charge in [-0.15, -0.1) is 10.2 Å². The van der Waals surface area contributed by atoms with Crippen molar-refractivity contribution in [3.63, 3.8) is 0 Å². The normalized spacial score (nSPS) is 16.0. The number of halogens is 1. The number of benzene rings is 1. The number of carbonyl (C=O) groups is 1. The zero-order valence-electron chi connectivity index (χ0n) is 13.0. The minimum Gasteiger partial charge on any atom is -0.341 e. The Morgan fingerprint density at radius 3 is 2.52 bits per heavy atom. The lowest BCUT2D eigenvalue weighted by molar-refractivity contribution is -0.132. The molecule has 0 atom stereocenters. The Hall–Kier alpha value is -1.76. The molecule has 23 heavy (non-hydrogen) atoms. The maximum atomic E-state index is 12.4. The molecule has 0 N–H and O–H groups in total. The van der Waals surface area contributed by atoms with Gasteiger partial charge in [-0.2, -0.15) is 4.80 Å². The van der Waals surface area contributed by atoms with E-state index < -0.39 is 0 Å². The molecule has 0 bridgehead atoms. The molecule has 1 aromatic carbocycles. The van der Waals surface area contributed by atoms with Crippen molar-refractivity contribution >= 4 is 21.8 Å². The van der Waals surface area contributed by atoms with Crippen LogP contribution in [0.5, 0.6) is 0 Å². The molecular formula is C16H20BrN5O. The number of tetrazole rings is 1. The van der Waals surface area contributed by atoms with Crippen LogP contribution in [0.3, 0.4) is 0 Å². The average Bonchev–Trinajstić information content (AvgIpc) is 2.95. The van der Waals surface area contributed by atoms with E-state index in [0.29, 0.717) is 5.82 Å². The van der Waals surface area contributed by atoms with Crippen LogP contribution in [0.2, 0.25) is 0 Å². The molecule has 1 aromatic heterocycles. The zero-order valence-corrected chi connectivity index (χ0v) is 14.6. The number of hydrogen-bond donors (Lipinski definition) is 0. The quantitative estimate of drug-likeness (QED) is 0.824. The Kier molecular flexibility index (Phi) is 5.38. The molecule has 0 spiro atoms. The molecule has 1 aliphatic rings. The van der Waals surface area contributed by atoms with Crippen LogP contribution in [-0.4, -0.2) is 44.1 Å². The number of carbonyl (C=O) groups excluding carboxylic acids is 1. The van der Waals surface area contributed by atoms with Crippen molar-refractivity contribution in [3.8, 4) is 11.4 Å². The van der Waals surface area contributed by atoms with E-state index in [1.807, 2.05) is 29.2 Å². The highest BCUT2D eigenvalue weighted by Gasteiger charge is 2.17. The van der Waals surface area contributed by atoms with Crippen molar-refractivity contribution < 1.29 is 4.79 Å². The van der Waals surface area contributed by atoms with Crippen LogP contribution in [0.15, 0.2) is 28.7 Å². The summed E-state index contributed by atoms with van der Waals surface area (Å²) in [6.07, 6.45) is 5.86. The van der Waals surface area contributed by atoms with Crippen LogP contribution in [0.4, 0.5) is 0 Å². The van der Waals surface area contributed by atoms with Crippen molar-refractivity contribution in [2.24, 2.45) is 0 Å². The fraction of sp³-hybridized carbons (Fsp3) is 0.500. The van der Waals surface area contributed by atoms with Gasteiger partial charge in [-0.25, -0.2) is 0 Å². The van der Waals surface area contributed by atoms with E-state index >= 15 is 0 Å². The summed E-state index contributed by atoms with van der Waals surface area (Å²) in [6, 6.07) is 7.71. The van der Waals surface area contributed by atoms with Crippen LogP contribution in [0.25, 0.3) is 11.4 Å². The number of amides is 1. The summed E-state index contributed by atoms with van der Waals surface area (Å²) in [5, 5.41) is 12.4. The summed E-state index contributed by atoms with van der Waals surface area (Å²) in [5.74, 6) is 0.598. The second-order valence-electron chi connectivity index (χ2n) is 5.77. The number of aromatic nitrogens is 4. The molecule has 2 aromatic rings. The van der Waals surface area contributed by atoms with E-state index in [-0.39, 0.29) is 12.5 Å². The zero-order chi connectivity index (χ0) is 16.1. The maximum Gasteiger partial charge on any atom is 0.246 e. The third-order valence-corrected chi connectivity index (χ3v) is 4.74. The Bertz CT molecular complexity index is 664. The predicted octanol–water partition coefficient (Wildman–Crippen LogP) is 2.90. The van der Waals surface area contributed by atoms with Gasteiger partial charge in [0.25, 0.3) is 0 Å². The molecule has 3 rings (SSSR count). The fourth-order valence-corrected chi connectivity index (χ4v) is 3.24. The lowest BCUT2D eigenvalue weighted by Gasteiger charge is -2.24. The van der Waals surface area contributed by atoms with Crippen molar-refractivity contribution in [2.75, 3.05) is 13.1 Å². The van der Waals surface area contributed by atoms with Crippen LogP contribution in [-0.2, 0) is 11.3 Å². The summed E-state index contributed by atoms with van der Waals surface area (Å²) >= 11 is 3.48. The molecular weight excluding hydrogens is 358 g/mol. The van der Waals surface area contributed by atoms with Crippen molar-refractivity contribution in [1.29, 1.82) is 0 Å². The van der Waals surface area contributed by atoms with Gasteiger partial charge in [0.15, 0.2) is 0 Å². The van der Waals surface area contributed by atoms with Gasteiger partial charge in [-0.05, 0) is 30.2 Å². The van der Waals surface area contributed by atoms with Crippen molar-refractivity contribution in [3.05, 3.63) is 28.7 Å². The third kappa shape index (κ3) is 4.16. The number of nitrogens with zero attached hydrogens (tertiary/aromatic N) is 5. The van der Waals surface area contributed by atoms with E-state index in [1.165, 1.54) is 24.1 Å². The van der Waals surface area contributed by atoms with E-state index in [9.17, 15) is 4.79 Å². The SMILES string of the molecule is O=C(Cn1nnc(-c2ccccc2Br)n1)N1CCCCCCC1. The monoisotopic (exact) mass is 377 g/mol. The average molecular weight is 378 g/mol. The molecule has 1 amide bonds. The van der Waals surface area contributed by atoms with Gasteiger partial charge in [0.05, 0.1) is 0 Å². The molecule has 0 unspecified atom stereocenters. The topological polar surface area (TPSA) is 63.9 Å². The Labute approximate surface area is 144 Å². The molecule has 6 nitrogen and oxygen atoms in total. The second-order valence-corrected chi connectivity index (χ2v) is 6.63. The summed E-state index contributed by atoms with van der Waals surface area (Å²) in [6.45, 7) is 1.83. The van der Waals surface area contributed by atoms with Crippen LogP contribution < -0.4 is 0 Å². The molecule has 1 fully saturated rings. The number of hydrogen-bond acceptors (Lipinski definition) is 4. The van der Waals surface area contributed by atoms with E-state index in [0.717, 1.165) is 36.0 Å². The first kappa shape index (κ1) is 16.1. The summed E-state index contributed by atoms with van der Waals surface area (Å²) in [7, 11) is 0. The third-order valence-electron chi connectivity index (χ3n) is 4.05. The minimum absolute atomic E-state index is 0.0722. The van der Waals surface area contributed by atoms with Crippen LogP contribution >= 0.6 is 15.9 Å². The predicted molar refractivity (Wildman–Crippen MR) is 90.6 cm³/mol. The van der Waals surface area contributed by atoms with Gasteiger partial charge in [-0.1, -0.05) is 47.3 Å². The molecule has 7 heteroatoms. The second kappa shape index (κ2) is 7.68. The highest BCUT2D eigenvalue weighted by molar-refractivity contribution is 9.10. The van der Waals surface area contributed by atoms with Gasteiger partial charge < -0.3 is 4.90 Å². The van der Waals surface area contributed by atoms with E-state index in [4.69, 9.17) is 0 Å². The van der Waals surface area contributed by atoms with Gasteiger partial charge in [0.1, 0.15) is 6.54 Å². The van der Waals surface area contributed by atoms with Gasteiger partial charge in [0.2, 0.25) is 11.7 Å². The van der Waals surface area contributed by atoms with Crippen molar-refractivity contribution in [2.45, 2.75) is 38.6 Å². The molecule has 0 radical (unpaired) electrons. The van der Waals surface area contributed by atoms with Crippen molar-refractivity contribution in [1.82, 2.24) is 25.1 Å². The lowest BCUT2D eigenvalue weighted by atomic mass is 10.1. The van der Waals surface area contributed by atoms with Gasteiger partial charge in [0, 0.05) is 23.1 Å². The molecule has 122 valence electrons. The number of likely N-dealkylation sites (tertiary alicyclic amines) is 1. The van der Waals surface area contributed by atoms with Crippen LogP contribution in [0, 0.1) is 0 Å². The maximum absolute atomic E-state index is 12.4. The molecule has 1 aliphatic heterocycles. The van der Waals surface area contributed by atoms with E-state index in [2.05, 4.69) is 31.3 Å². The standard InChI is InChI=1S/C16H20BrN5O/c17-14-9-5-4-8-13(14)16-18-20-22(19-16)12-15(23)21-10-6-2-1-3-7-11-21/h4-5,8-9H,1-3,6-7,10-12H2. The van der Waals surface area contributed by atoms with Crippen LogP contribution in [0.1, 0.15) is 32.1 Å². The Balaban J connectivity index is 1.66. The summed E-state index contributed by atoms with van der Waals surface area (Å²) < 4.78 is 0.912. The number of rotatable bonds is 3. The molecule has 1 saturated heterocycles. The first-order valence-electron chi connectivity index (χ1n) is 8.04. The van der Waals surface area contributed by atoms with Gasteiger partial charge in [-0.3, -0.25) is 4.79 Å².